The fourth-order valence-electron chi connectivity index (χ4n) is 1.33. The van der Waals surface area contributed by atoms with Gasteiger partial charge in [-0.3, -0.25) is 0 Å². The summed E-state index contributed by atoms with van der Waals surface area (Å²) in [5, 5.41) is 0. The second-order valence-corrected chi connectivity index (χ2v) is 4.02. The van der Waals surface area contributed by atoms with Gasteiger partial charge in [0, 0.05) is 6.54 Å². The number of benzene rings is 1. The van der Waals surface area contributed by atoms with Crippen LogP contribution in [-0.2, 0) is 11.3 Å². The molecule has 0 aliphatic heterocycles. The van der Waals surface area contributed by atoms with Gasteiger partial charge in [-0.15, -0.1) is 6.58 Å². The van der Waals surface area contributed by atoms with Crippen molar-refractivity contribution in [3.8, 4) is 5.75 Å². The Hall–Kier alpha value is -1.32. The van der Waals surface area contributed by atoms with E-state index >= 15 is 0 Å². The fraction of sp³-hybridized carbons (Fsp3) is 0.429. The number of ether oxygens (including phenoxy) is 2. The molecular formula is C14H21NO2. The van der Waals surface area contributed by atoms with Crippen LogP contribution in [0.2, 0.25) is 0 Å². The molecule has 1 aromatic rings. The summed E-state index contributed by atoms with van der Waals surface area (Å²) in [6.07, 6.45) is 0.905. The van der Waals surface area contributed by atoms with E-state index in [2.05, 4.69) is 6.58 Å². The van der Waals surface area contributed by atoms with Crippen LogP contribution in [0, 0.1) is 0 Å². The minimum absolute atomic E-state index is 0.534. The molecule has 0 aliphatic rings. The highest BCUT2D eigenvalue weighted by Crippen LogP contribution is 2.12. The van der Waals surface area contributed by atoms with E-state index in [0.717, 1.165) is 23.3 Å². The lowest BCUT2D eigenvalue weighted by Crippen LogP contribution is -2.08. The lowest BCUT2D eigenvalue weighted by Gasteiger charge is -2.08. The molecule has 0 saturated heterocycles. The Morgan fingerprint density at radius 2 is 2.12 bits per heavy atom. The maximum Gasteiger partial charge on any atom is 0.119 e. The van der Waals surface area contributed by atoms with Gasteiger partial charge in [-0.25, -0.2) is 0 Å². The first-order valence-electron chi connectivity index (χ1n) is 5.86. The van der Waals surface area contributed by atoms with Gasteiger partial charge in [0.2, 0.25) is 0 Å². The molecule has 0 saturated carbocycles. The summed E-state index contributed by atoms with van der Waals surface area (Å²) in [7, 11) is 0. The average Bonchev–Trinajstić information content (AvgIpc) is 2.33. The van der Waals surface area contributed by atoms with Crippen LogP contribution in [0.5, 0.6) is 5.75 Å². The van der Waals surface area contributed by atoms with E-state index in [1.54, 1.807) is 0 Å². The Morgan fingerprint density at radius 1 is 1.29 bits per heavy atom. The van der Waals surface area contributed by atoms with E-state index < -0.39 is 0 Å². The SMILES string of the molecule is C=C(C)CCOCCOc1cccc(CN)c1. The molecule has 2 N–H and O–H groups in total. The summed E-state index contributed by atoms with van der Waals surface area (Å²) in [5.41, 5.74) is 7.77. The number of hydrogen-bond donors (Lipinski definition) is 1. The monoisotopic (exact) mass is 235 g/mol. The largest absolute Gasteiger partial charge is 0.491 e. The summed E-state index contributed by atoms with van der Waals surface area (Å²) in [6, 6.07) is 7.80. The van der Waals surface area contributed by atoms with E-state index in [1.807, 2.05) is 31.2 Å². The van der Waals surface area contributed by atoms with Gasteiger partial charge < -0.3 is 15.2 Å². The van der Waals surface area contributed by atoms with E-state index in [-0.39, 0.29) is 0 Å². The summed E-state index contributed by atoms with van der Waals surface area (Å²) in [6.45, 7) is 8.22. The minimum atomic E-state index is 0.534. The predicted octanol–water partition coefficient (Wildman–Crippen LogP) is 2.51. The Morgan fingerprint density at radius 3 is 2.82 bits per heavy atom. The summed E-state index contributed by atoms with van der Waals surface area (Å²) in [5.74, 6) is 0.844. The van der Waals surface area contributed by atoms with Crippen molar-refractivity contribution in [2.24, 2.45) is 5.73 Å². The topological polar surface area (TPSA) is 44.5 Å². The highest BCUT2D eigenvalue weighted by Gasteiger charge is 1.96. The Labute approximate surface area is 103 Å². The first-order chi connectivity index (χ1) is 8.22. The fourth-order valence-corrected chi connectivity index (χ4v) is 1.33. The van der Waals surface area contributed by atoms with Crippen LogP contribution in [0.15, 0.2) is 36.4 Å². The van der Waals surface area contributed by atoms with Crippen LogP contribution >= 0.6 is 0 Å². The van der Waals surface area contributed by atoms with Gasteiger partial charge >= 0.3 is 0 Å². The van der Waals surface area contributed by atoms with Gasteiger partial charge in [-0.05, 0) is 31.0 Å². The summed E-state index contributed by atoms with van der Waals surface area (Å²) >= 11 is 0. The third-order valence-corrected chi connectivity index (χ3v) is 2.30. The van der Waals surface area contributed by atoms with E-state index in [4.69, 9.17) is 15.2 Å². The first-order valence-corrected chi connectivity index (χ1v) is 5.86. The molecule has 3 nitrogen and oxygen atoms in total. The summed E-state index contributed by atoms with van der Waals surface area (Å²) in [4.78, 5) is 0. The second kappa shape index (κ2) is 7.87. The van der Waals surface area contributed by atoms with Crippen molar-refractivity contribution in [1.29, 1.82) is 0 Å². The molecule has 3 heteroatoms. The van der Waals surface area contributed by atoms with Crippen molar-refractivity contribution in [3.05, 3.63) is 42.0 Å². The lowest BCUT2D eigenvalue weighted by atomic mass is 10.2. The van der Waals surface area contributed by atoms with Gasteiger partial charge in [0.1, 0.15) is 12.4 Å². The maximum atomic E-state index is 5.55. The van der Waals surface area contributed by atoms with Crippen LogP contribution in [0.25, 0.3) is 0 Å². The number of nitrogens with two attached hydrogens (primary N) is 1. The molecule has 94 valence electrons. The second-order valence-electron chi connectivity index (χ2n) is 4.02. The third-order valence-electron chi connectivity index (χ3n) is 2.30. The maximum absolute atomic E-state index is 5.55. The van der Waals surface area contributed by atoms with Gasteiger partial charge in [-0.1, -0.05) is 17.7 Å². The van der Waals surface area contributed by atoms with Crippen LogP contribution < -0.4 is 10.5 Å². The van der Waals surface area contributed by atoms with E-state index in [0.29, 0.717) is 26.4 Å². The first kappa shape index (κ1) is 13.7. The zero-order valence-corrected chi connectivity index (χ0v) is 10.4. The van der Waals surface area contributed by atoms with Crippen molar-refractivity contribution in [1.82, 2.24) is 0 Å². The van der Waals surface area contributed by atoms with Gasteiger partial charge in [0.25, 0.3) is 0 Å². The molecule has 0 aliphatic carbocycles. The molecule has 0 bridgehead atoms. The molecule has 0 unspecified atom stereocenters. The molecule has 1 rings (SSSR count). The van der Waals surface area contributed by atoms with Gasteiger partial charge in [0.15, 0.2) is 0 Å². The van der Waals surface area contributed by atoms with Crippen molar-refractivity contribution < 1.29 is 9.47 Å². The van der Waals surface area contributed by atoms with Crippen LogP contribution in [0.1, 0.15) is 18.9 Å². The average molecular weight is 235 g/mol. The van der Waals surface area contributed by atoms with Crippen molar-refractivity contribution in [2.75, 3.05) is 19.8 Å². The van der Waals surface area contributed by atoms with Crippen LogP contribution in [-0.4, -0.2) is 19.8 Å². The lowest BCUT2D eigenvalue weighted by molar-refractivity contribution is 0.102. The highest BCUT2D eigenvalue weighted by molar-refractivity contribution is 5.28. The van der Waals surface area contributed by atoms with E-state index in [1.165, 1.54) is 0 Å². The number of hydrogen-bond acceptors (Lipinski definition) is 3. The van der Waals surface area contributed by atoms with Crippen molar-refractivity contribution in [2.45, 2.75) is 19.9 Å². The van der Waals surface area contributed by atoms with E-state index in [9.17, 15) is 0 Å². The molecule has 0 atom stereocenters. The molecule has 0 aromatic heterocycles. The zero-order valence-electron chi connectivity index (χ0n) is 10.4. The molecule has 0 heterocycles. The molecule has 0 radical (unpaired) electrons. The molecule has 0 amide bonds. The van der Waals surface area contributed by atoms with Crippen molar-refractivity contribution >= 4 is 0 Å². The highest BCUT2D eigenvalue weighted by atomic mass is 16.5. The summed E-state index contributed by atoms with van der Waals surface area (Å²) < 4.78 is 11.0. The van der Waals surface area contributed by atoms with Crippen LogP contribution in [0.4, 0.5) is 0 Å². The van der Waals surface area contributed by atoms with Crippen molar-refractivity contribution in [3.63, 3.8) is 0 Å². The Bertz CT molecular complexity index is 350. The molecule has 0 fully saturated rings. The normalized spacial score (nSPS) is 10.2. The molecule has 0 spiro atoms. The van der Waals surface area contributed by atoms with Gasteiger partial charge in [0.05, 0.1) is 13.2 Å². The molecule has 1 aromatic carbocycles. The molecule has 17 heavy (non-hydrogen) atoms. The quantitative estimate of drug-likeness (QED) is 0.556. The predicted molar refractivity (Wildman–Crippen MR) is 70.1 cm³/mol. The third kappa shape index (κ3) is 6.09. The minimum Gasteiger partial charge on any atom is -0.491 e. The van der Waals surface area contributed by atoms with Gasteiger partial charge in [-0.2, -0.15) is 0 Å². The molecular weight excluding hydrogens is 214 g/mol. The Balaban J connectivity index is 2.15. The number of rotatable bonds is 8. The smallest absolute Gasteiger partial charge is 0.119 e. The van der Waals surface area contributed by atoms with Crippen LogP contribution in [0.3, 0.4) is 0 Å². The Kier molecular flexibility index (Phi) is 6.37. The standard InChI is InChI=1S/C14H21NO2/c1-12(2)6-7-16-8-9-17-14-5-3-4-13(10-14)11-15/h3-5,10H,1,6-9,11,15H2,2H3. The zero-order chi connectivity index (χ0) is 12.5.